The van der Waals surface area contributed by atoms with Crippen LogP contribution in [0.25, 0.3) is 0 Å². The molecular formula is C15H25NO4. The molecule has 3 rings (SSSR count). The number of rotatable bonds is 2. The Kier molecular flexibility index (Phi) is 4.58. The molecule has 5 heteroatoms. The van der Waals surface area contributed by atoms with Gasteiger partial charge in [0.25, 0.3) is 5.91 Å². The van der Waals surface area contributed by atoms with Gasteiger partial charge in [-0.25, -0.2) is 0 Å². The summed E-state index contributed by atoms with van der Waals surface area (Å²) in [4.78, 5) is 14.6. The number of amides is 1. The average molecular weight is 283 g/mol. The molecule has 0 aromatic heterocycles. The third kappa shape index (κ3) is 2.85. The first-order valence-corrected chi connectivity index (χ1v) is 7.95. The van der Waals surface area contributed by atoms with Gasteiger partial charge in [0.1, 0.15) is 0 Å². The van der Waals surface area contributed by atoms with Crippen LogP contribution in [-0.2, 0) is 14.3 Å². The Morgan fingerprint density at radius 1 is 1.10 bits per heavy atom. The molecular weight excluding hydrogens is 258 g/mol. The van der Waals surface area contributed by atoms with E-state index in [-0.39, 0.29) is 24.0 Å². The minimum atomic E-state index is -0.440. The fraction of sp³-hybridized carbons (Fsp3) is 0.933. The predicted octanol–water partition coefficient (Wildman–Crippen LogP) is 0.944. The highest BCUT2D eigenvalue weighted by Crippen LogP contribution is 2.35. The van der Waals surface area contributed by atoms with Crippen LogP contribution in [0.2, 0.25) is 0 Å². The number of hydrogen-bond donors (Lipinski definition) is 1. The Bertz CT molecular complexity index is 343. The number of nitrogens with zero attached hydrogens (tertiary/aromatic N) is 1. The molecule has 0 aromatic rings. The molecule has 2 heterocycles. The molecule has 4 atom stereocenters. The van der Waals surface area contributed by atoms with Gasteiger partial charge >= 0.3 is 0 Å². The smallest absolute Gasteiger partial charge is 0.254 e. The van der Waals surface area contributed by atoms with Gasteiger partial charge in [0.05, 0.1) is 25.9 Å². The molecule has 3 fully saturated rings. The first kappa shape index (κ1) is 14.3. The molecule has 3 aliphatic rings. The van der Waals surface area contributed by atoms with E-state index in [1.807, 2.05) is 4.90 Å². The van der Waals surface area contributed by atoms with Gasteiger partial charge in [-0.05, 0) is 25.7 Å². The number of carbonyl (C=O) groups is 1. The predicted molar refractivity (Wildman–Crippen MR) is 73.3 cm³/mol. The van der Waals surface area contributed by atoms with Crippen LogP contribution in [-0.4, -0.2) is 60.5 Å². The van der Waals surface area contributed by atoms with Gasteiger partial charge in [0.2, 0.25) is 0 Å². The number of aliphatic hydroxyl groups excluding tert-OH is 1. The maximum Gasteiger partial charge on any atom is 0.254 e. The van der Waals surface area contributed by atoms with Gasteiger partial charge in [-0.1, -0.05) is 12.8 Å². The Hall–Kier alpha value is -0.650. The fourth-order valence-electron chi connectivity index (χ4n) is 3.92. The molecule has 1 aliphatic carbocycles. The van der Waals surface area contributed by atoms with Crippen LogP contribution in [0.5, 0.6) is 0 Å². The molecule has 1 N–H and O–H groups in total. The maximum atomic E-state index is 12.6. The SMILES string of the molecule is O=C(C1COCCO1)N1CCCC1C1CCCCC1O. The summed E-state index contributed by atoms with van der Waals surface area (Å²) in [5.74, 6) is 0.310. The lowest BCUT2D eigenvalue weighted by atomic mass is 9.80. The second-order valence-corrected chi connectivity index (χ2v) is 6.19. The first-order chi connectivity index (χ1) is 9.77. The van der Waals surface area contributed by atoms with Crippen molar-refractivity contribution in [1.29, 1.82) is 0 Å². The standard InChI is InChI=1S/C15H25NO4/c17-13-6-2-1-4-11(13)12-5-3-7-16(12)15(18)14-10-19-8-9-20-14/h11-14,17H,1-10H2. The molecule has 0 radical (unpaired) electrons. The van der Waals surface area contributed by atoms with Gasteiger partial charge in [-0.3, -0.25) is 4.79 Å². The summed E-state index contributed by atoms with van der Waals surface area (Å²) in [7, 11) is 0. The molecule has 0 aromatic carbocycles. The van der Waals surface area contributed by atoms with E-state index in [1.54, 1.807) is 0 Å². The van der Waals surface area contributed by atoms with Crippen LogP contribution >= 0.6 is 0 Å². The molecule has 5 nitrogen and oxygen atoms in total. The lowest BCUT2D eigenvalue weighted by molar-refractivity contribution is -0.160. The quantitative estimate of drug-likeness (QED) is 0.819. The lowest BCUT2D eigenvalue weighted by Gasteiger charge is -2.38. The van der Waals surface area contributed by atoms with E-state index in [0.717, 1.165) is 38.6 Å². The van der Waals surface area contributed by atoms with Crippen molar-refractivity contribution in [2.24, 2.45) is 5.92 Å². The Morgan fingerprint density at radius 3 is 2.70 bits per heavy atom. The summed E-state index contributed by atoms with van der Waals surface area (Å²) < 4.78 is 10.9. The van der Waals surface area contributed by atoms with Crippen molar-refractivity contribution in [1.82, 2.24) is 4.90 Å². The zero-order chi connectivity index (χ0) is 13.9. The number of aliphatic hydroxyl groups is 1. The lowest BCUT2D eigenvalue weighted by Crippen LogP contribution is -2.51. The third-order valence-corrected chi connectivity index (χ3v) is 4.95. The summed E-state index contributed by atoms with van der Waals surface area (Å²) in [6, 6.07) is 0.198. The van der Waals surface area contributed by atoms with Gasteiger partial charge in [0.15, 0.2) is 6.10 Å². The number of ether oxygens (including phenoxy) is 2. The van der Waals surface area contributed by atoms with Crippen LogP contribution in [0.15, 0.2) is 0 Å². The van der Waals surface area contributed by atoms with E-state index in [9.17, 15) is 9.90 Å². The monoisotopic (exact) mass is 283 g/mol. The maximum absolute atomic E-state index is 12.6. The summed E-state index contributed by atoms with van der Waals surface area (Å²) in [5.41, 5.74) is 0. The van der Waals surface area contributed by atoms with Crippen LogP contribution in [0, 0.1) is 5.92 Å². The topological polar surface area (TPSA) is 59.0 Å². The number of likely N-dealkylation sites (tertiary alicyclic amines) is 1. The zero-order valence-corrected chi connectivity index (χ0v) is 12.0. The molecule has 114 valence electrons. The molecule has 1 saturated carbocycles. The van der Waals surface area contributed by atoms with Crippen LogP contribution < -0.4 is 0 Å². The molecule has 20 heavy (non-hydrogen) atoms. The molecule has 2 saturated heterocycles. The molecule has 0 spiro atoms. The molecule has 4 unspecified atom stereocenters. The summed E-state index contributed by atoms with van der Waals surface area (Å²) >= 11 is 0. The zero-order valence-electron chi connectivity index (χ0n) is 12.0. The highest BCUT2D eigenvalue weighted by Gasteiger charge is 2.41. The molecule has 1 amide bonds. The Labute approximate surface area is 120 Å². The van der Waals surface area contributed by atoms with E-state index in [4.69, 9.17) is 9.47 Å². The minimum Gasteiger partial charge on any atom is -0.393 e. The molecule has 0 bridgehead atoms. The largest absolute Gasteiger partial charge is 0.393 e. The van der Waals surface area contributed by atoms with Crippen molar-refractivity contribution in [3.05, 3.63) is 0 Å². The highest BCUT2D eigenvalue weighted by atomic mass is 16.6. The van der Waals surface area contributed by atoms with Gasteiger partial charge < -0.3 is 19.5 Å². The van der Waals surface area contributed by atoms with Crippen LogP contribution in [0.4, 0.5) is 0 Å². The normalized spacial score (nSPS) is 39.0. The second-order valence-electron chi connectivity index (χ2n) is 6.19. The molecule has 2 aliphatic heterocycles. The third-order valence-electron chi connectivity index (χ3n) is 4.95. The van der Waals surface area contributed by atoms with Crippen molar-refractivity contribution in [3.8, 4) is 0 Å². The van der Waals surface area contributed by atoms with Gasteiger partial charge in [0, 0.05) is 18.5 Å². The van der Waals surface area contributed by atoms with Crippen molar-refractivity contribution in [2.75, 3.05) is 26.4 Å². The van der Waals surface area contributed by atoms with Crippen molar-refractivity contribution in [2.45, 2.75) is 56.8 Å². The van der Waals surface area contributed by atoms with Crippen LogP contribution in [0.1, 0.15) is 38.5 Å². The van der Waals surface area contributed by atoms with E-state index in [1.165, 1.54) is 6.42 Å². The van der Waals surface area contributed by atoms with E-state index < -0.39 is 6.10 Å². The van der Waals surface area contributed by atoms with E-state index in [0.29, 0.717) is 19.8 Å². The van der Waals surface area contributed by atoms with E-state index in [2.05, 4.69) is 0 Å². The second kappa shape index (κ2) is 6.41. The average Bonchev–Trinajstić information content (AvgIpc) is 2.97. The Balaban J connectivity index is 1.66. The van der Waals surface area contributed by atoms with Crippen molar-refractivity contribution < 1.29 is 19.4 Å². The van der Waals surface area contributed by atoms with Crippen LogP contribution in [0.3, 0.4) is 0 Å². The van der Waals surface area contributed by atoms with Crippen molar-refractivity contribution in [3.63, 3.8) is 0 Å². The first-order valence-electron chi connectivity index (χ1n) is 7.95. The summed E-state index contributed by atoms with van der Waals surface area (Å²) in [6.45, 7) is 2.25. The van der Waals surface area contributed by atoms with Gasteiger partial charge in [-0.15, -0.1) is 0 Å². The fourth-order valence-corrected chi connectivity index (χ4v) is 3.92. The summed E-state index contributed by atoms with van der Waals surface area (Å²) in [6.07, 6.45) is 5.56. The summed E-state index contributed by atoms with van der Waals surface area (Å²) in [5, 5.41) is 10.2. The van der Waals surface area contributed by atoms with E-state index >= 15 is 0 Å². The van der Waals surface area contributed by atoms with Gasteiger partial charge in [-0.2, -0.15) is 0 Å². The Morgan fingerprint density at radius 2 is 1.95 bits per heavy atom. The highest BCUT2D eigenvalue weighted by molar-refractivity contribution is 5.81. The van der Waals surface area contributed by atoms with Crippen molar-refractivity contribution >= 4 is 5.91 Å². The number of hydrogen-bond acceptors (Lipinski definition) is 4. The number of carbonyl (C=O) groups excluding carboxylic acids is 1. The minimum absolute atomic E-state index is 0.0602.